The smallest absolute Gasteiger partial charge is 0.319 e. The van der Waals surface area contributed by atoms with Gasteiger partial charge in [0.05, 0.1) is 22.3 Å². The third-order valence-electron chi connectivity index (χ3n) is 5.51. The molecule has 0 aliphatic carbocycles. The van der Waals surface area contributed by atoms with E-state index >= 15 is 0 Å². The van der Waals surface area contributed by atoms with Crippen molar-refractivity contribution in [2.75, 3.05) is 10.6 Å². The highest BCUT2D eigenvalue weighted by molar-refractivity contribution is 6.13. The monoisotopic (exact) mass is 478 g/mol. The molecule has 9 heteroatoms. The molecular formula is C27H22N6O3. The Bertz CT molecular complexity index is 1530. The summed E-state index contributed by atoms with van der Waals surface area (Å²) in [5.74, 6) is -0.342. The Balaban J connectivity index is 1.34. The zero-order chi connectivity index (χ0) is 24.9. The Morgan fingerprint density at radius 2 is 1.64 bits per heavy atom. The van der Waals surface area contributed by atoms with Crippen LogP contribution in [0.1, 0.15) is 21.6 Å². The summed E-state index contributed by atoms with van der Waals surface area (Å²) >= 11 is 0. The predicted molar refractivity (Wildman–Crippen MR) is 136 cm³/mol. The van der Waals surface area contributed by atoms with Gasteiger partial charge in [-0.1, -0.05) is 41.6 Å². The molecule has 0 saturated heterocycles. The van der Waals surface area contributed by atoms with Crippen molar-refractivity contribution < 1.29 is 14.1 Å². The average Bonchev–Trinajstić information content (AvgIpc) is 3.29. The van der Waals surface area contributed by atoms with E-state index in [0.29, 0.717) is 46.0 Å². The molecule has 9 nitrogen and oxygen atoms in total. The van der Waals surface area contributed by atoms with Crippen molar-refractivity contribution in [1.82, 2.24) is 20.4 Å². The van der Waals surface area contributed by atoms with Crippen LogP contribution in [-0.4, -0.2) is 27.1 Å². The van der Waals surface area contributed by atoms with Crippen LogP contribution < -0.4 is 16.0 Å². The lowest BCUT2D eigenvalue weighted by Crippen LogP contribution is -2.28. The number of carbonyl (C=O) groups excluding carboxylic acids is 2. The summed E-state index contributed by atoms with van der Waals surface area (Å²) in [6.45, 7) is 2.13. The summed E-state index contributed by atoms with van der Waals surface area (Å²) in [5.41, 5.74) is 4.70. The van der Waals surface area contributed by atoms with Gasteiger partial charge in [-0.15, -0.1) is 0 Å². The number of aryl methyl sites for hydroxylation is 1. The zero-order valence-electron chi connectivity index (χ0n) is 19.4. The zero-order valence-corrected chi connectivity index (χ0v) is 19.4. The molecule has 3 heterocycles. The number of nitrogens with one attached hydrogen (secondary N) is 3. The number of benzene rings is 2. The topological polar surface area (TPSA) is 122 Å². The van der Waals surface area contributed by atoms with Crippen molar-refractivity contribution in [1.29, 1.82) is 0 Å². The molecule has 0 saturated carbocycles. The van der Waals surface area contributed by atoms with Crippen molar-refractivity contribution in [2.45, 2.75) is 13.5 Å². The molecule has 178 valence electrons. The van der Waals surface area contributed by atoms with Crippen LogP contribution in [0, 0.1) is 6.92 Å². The molecular weight excluding hydrogens is 456 g/mol. The predicted octanol–water partition coefficient (Wildman–Crippen LogP) is 5.17. The van der Waals surface area contributed by atoms with Gasteiger partial charge >= 0.3 is 6.03 Å². The molecule has 0 aliphatic rings. The van der Waals surface area contributed by atoms with Gasteiger partial charge in [0.25, 0.3) is 11.6 Å². The second kappa shape index (κ2) is 10.1. The number of carbonyl (C=O) groups is 2. The van der Waals surface area contributed by atoms with Crippen LogP contribution in [0.5, 0.6) is 0 Å². The largest absolute Gasteiger partial charge is 0.335 e. The lowest BCUT2D eigenvalue weighted by Gasteiger charge is -2.11. The lowest BCUT2D eigenvalue weighted by molar-refractivity contribution is 0.102. The minimum absolute atomic E-state index is 0.292. The fourth-order valence-electron chi connectivity index (χ4n) is 3.76. The number of amides is 3. The van der Waals surface area contributed by atoms with Gasteiger partial charge in [-0.05, 0) is 48.9 Å². The van der Waals surface area contributed by atoms with Crippen LogP contribution in [0.2, 0.25) is 0 Å². The molecule has 0 aliphatic heterocycles. The number of hydrogen-bond donors (Lipinski definition) is 3. The third-order valence-corrected chi connectivity index (χ3v) is 5.51. The highest BCUT2D eigenvalue weighted by atomic mass is 16.5. The summed E-state index contributed by atoms with van der Waals surface area (Å²) in [6, 6.07) is 21.5. The number of pyridine rings is 2. The van der Waals surface area contributed by atoms with Crippen molar-refractivity contribution in [3.05, 3.63) is 102 Å². The van der Waals surface area contributed by atoms with Crippen LogP contribution in [-0.2, 0) is 6.54 Å². The maximum atomic E-state index is 13.3. The number of hydrogen-bond acceptors (Lipinski definition) is 6. The fraction of sp³-hybridized carbons (Fsp3) is 0.0741. The highest BCUT2D eigenvalue weighted by Crippen LogP contribution is 2.28. The number of anilines is 2. The van der Waals surface area contributed by atoms with Crippen molar-refractivity contribution in [2.24, 2.45) is 0 Å². The molecule has 0 radical (unpaired) electrons. The lowest BCUT2D eigenvalue weighted by atomic mass is 10.0. The molecule has 0 fully saturated rings. The molecule has 3 N–H and O–H groups in total. The maximum absolute atomic E-state index is 13.3. The molecule has 36 heavy (non-hydrogen) atoms. The average molecular weight is 479 g/mol. The van der Waals surface area contributed by atoms with E-state index in [1.165, 1.54) is 0 Å². The summed E-state index contributed by atoms with van der Waals surface area (Å²) in [5, 5.41) is 13.0. The van der Waals surface area contributed by atoms with Gasteiger partial charge in [0, 0.05) is 35.9 Å². The molecule has 0 spiro atoms. The van der Waals surface area contributed by atoms with Crippen molar-refractivity contribution in [3.8, 4) is 11.3 Å². The number of nitrogens with zero attached hydrogens (tertiary/aromatic N) is 3. The molecule has 0 unspecified atom stereocenters. The van der Waals surface area contributed by atoms with E-state index in [0.717, 1.165) is 11.1 Å². The highest BCUT2D eigenvalue weighted by Gasteiger charge is 2.19. The van der Waals surface area contributed by atoms with Crippen LogP contribution in [0.25, 0.3) is 22.4 Å². The summed E-state index contributed by atoms with van der Waals surface area (Å²) < 4.78 is 5.37. The molecule has 3 aromatic heterocycles. The van der Waals surface area contributed by atoms with Gasteiger partial charge in [-0.2, -0.15) is 0 Å². The maximum Gasteiger partial charge on any atom is 0.319 e. The quantitative estimate of drug-likeness (QED) is 0.310. The van der Waals surface area contributed by atoms with Crippen LogP contribution in [0.3, 0.4) is 0 Å². The molecule has 0 bridgehead atoms. The van der Waals surface area contributed by atoms with Crippen LogP contribution in [0.15, 0.2) is 89.7 Å². The number of rotatable bonds is 6. The van der Waals surface area contributed by atoms with Gasteiger partial charge in [-0.25, -0.2) is 9.78 Å². The standard InChI is InChI=1S/C27H22N6O3/c1-17-24-22(15-23(32-26(24)36-33-17)19-6-3-2-4-7-19)25(34)30-20-8-5-9-21(14-20)31-27(35)29-16-18-10-12-28-13-11-18/h2-15H,16H2,1H3,(H,30,34)(H2,29,31,35). The minimum Gasteiger partial charge on any atom is -0.335 e. The Morgan fingerprint density at radius 3 is 2.42 bits per heavy atom. The van der Waals surface area contributed by atoms with Gasteiger partial charge in [0.2, 0.25) is 0 Å². The molecule has 5 aromatic rings. The number of fused-ring (bicyclic) bond motifs is 1. The Kier molecular flexibility index (Phi) is 6.35. The van der Waals surface area contributed by atoms with Gasteiger partial charge in [0.15, 0.2) is 0 Å². The summed E-state index contributed by atoms with van der Waals surface area (Å²) in [6.07, 6.45) is 3.34. The third kappa shape index (κ3) is 5.05. The van der Waals surface area contributed by atoms with Crippen LogP contribution in [0.4, 0.5) is 16.2 Å². The first-order valence-electron chi connectivity index (χ1n) is 11.2. The number of aromatic nitrogens is 3. The fourth-order valence-corrected chi connectivity index (χ4v) is 3.76. The first-order valence-corrected chi connectivity index (χ1v) is 11.2. The Morgan fingerprint density at radius 1 is 0.889 bits per heavy atom. The second-order valence-electron chi connectivity index (χ2n) is 8.07. The summed E-state index contributed by atoms with van der Waals surface area (Å²) in [4.78, 5) is 34.2. The van der Waals surface area contributed by atoms with E-state index in [9.17, 15) is 9.59 Å². The van der Waals surface area contributed by atoms with E-state index in [-0.39, 0.29) is 11.9 Å². The molecule has 2 aromatic carbocycles. The van der Waals surface area contributed by atoms with E-state index in [2.05, 4.69) is 31.1 Å². The van der Waals surface area contributed by atoms with E-state index in [1.807, 2.05) is 42.5 Å². The molecule has 0 atom stereocenters. The molecule has 5 rings (SSSR count). The normalized spacial score (nSPS) is 10.7. The first kappa shape index (κ1) is 22.7. The van der Waals surface area contributed by atoms with E-state index in [4.69, 9.17) is 4.52 Å². The molecule has 3 amide bonds. The van der Waals surface area contributed by atoms with Crippen molar-refractivity contribution in [3.63, 3.8) is 0 Å². The SMILES string of the molecule is Cc1noc2nc(-c3ccccc3)cc(C(=O)Nc3cccc(NC(=O)NCc4ccncc4)c3)c12. The second-order valence-corrected chi connectivity index (χ2v) is 8.07. The van der Waals surface area contributed by atoms with Gasteiger partial charge < -0.3 is 20.5 Å². The van der Waals surface area contributed by atoms with Crippen LogP contribution >= 0.6 is 0 Å². The minimum atomic E-state index is -0.362. The Labute approximate surface area is 206 Å². The van der Waals surface area contributed by atoms with E-state index in [1.54, 1.807) is 49.6 Å². The first-order chi connectivity index (χ1) is 17.6. The number of urea groups is 1. The Hall–Kier alpha value is -5.05. The van der Waals surface area contributed by atoms with Gasteiger partial charge in [-0.3, -0.25) is 9.78 Å². The van der Waals surface area contributed by atoms with E-state index < -0.39 is 0 Å². The van der Waals surface area contributed by atoms with Crippen molar-refractivity contribution >= 4 is 34.4 Å². The van der Waals surface area contributed by atoms with Gasteiger partial charge in [0.1, 0.15) is 0 Å². The summed E-state index contributed by atoms with van der Waals surface area (Å²) in [7, 11) is 0.